The fraction of sp³-hybridized carbons (Fsp3) is 0.600. The van der Waals surface area contributed by atoms with Crippen LogP contribution in [0.3, 0.4) is 0 Å². The molecule has 2 unspecified atom stereocenters. The Bertz CT molecular complexity index is 371. The van der Waals surface area contributed by atoms with Crippen LogP contribution in [-0.2, 0) is 4.74 Å². The molecule has 0 aliphatic rings. The highest BCUT2D eigenvalue weighted by Crippen LogP contribution is 2.34. The third-order valence-electron chi connectivity index (χ3n) is 3.02. The van der Waals surface area contributed by atoms with Gasteiger partial charge in [0.1, 0.15) is 5.75 Å². The first-order chi connectivity index (χ1) is 8.41. The van der Waals surface area contributed by atoms with Crippen LogP contribution in [0.2, 0.25) is 0 Å². The van der Waals surface area contributed by atoms with Gasteiger partial charge in [0.05, 0.1) is 19.3 Å². The van der Waals surface area contributed by atoms with Crippen LogP contribution >= 0.6 is 0 Å². The number of rotatable bonds is 5. The molecule has 0 fully saturated rings. The van der Waals surface area contributed by atoms with Crippen molar-refractivity contribution in [1.29, 1.82) is 0 Å². The van der Waals surface area contributed by atoms with Crippen LogP contribution in [0.15, 0.2) is 24.3 Å². The first kappa shape index (κ1) is 15.0. The van der Waals surface area contributed by atoms with Crippen LogP contribution in [-0.4, -0.2) is 19.8 Å². The van der Waals surface area contributed by atoms with Crippen molar-refractivity contribution in [2.45, 2.75) is 39.8 Å². The van der Waals surface area contributed by atoms with Gasteiger partial charge in [-0.25, -0.2) is 0 Å². The van der Waals surface area contributed by atoms with Crippen LogP contribution in [0, 0.1) is 5.41 Å². The minimum atomic E-state index is -0.193. The maximum absolute atomic E-state index is 6.38. The zero-order valence-corrected chi connectivity index (χ0v) is 12.1. The normalized spacial score (nSPS) is 15.2. The monoisotopic (exact) mass is 251 g/mol. The Labute approximate surface area is 110 Å². The predicted molar refractivity (Wildman–Crippen MR) is 74.8 cm³/mol. The molecule has 1 aromatic rings. The van der Waals surface area contributed by atoms with Gasteiger partial charge in [0.25, 0.3) is 0 Å². The summed E-state index contributed by atoms with van der Waals surface area (Å²) in [4.78, 5) is 0. The lowest BCUT2D eigenvalue weighted by atomic mass is 9.82. The van der Waals surface area contributed by atoms with E-state index in [-0.39, 0.29) is 17.6 Å². The van der Waals surface area contributed by atoms with Crippen molar-refractivity contribution in [2.24, 2.45) is 11.1 Å². The minimum absolute atomic E-state index is 0.0176. The first-order valence-corrected chi connectivity index (χ1v) is 6.42. The van der Waals surface area contributed by atoms with Gasteiger partial charge >= 0.3 is 0 Å². The van der Waals surface area contributed by atoms with E-state index >= 15 is 0 Å². The molecule has 0 aromatic heterocycles. The van der Waals surface area contributed by atoms with E-state index in [1.165, 1.54) is 0 Å². The SMILES string of the molecule is CCOC(C(N)c1ccccc1OC)C(C)(C)C. The summed E-state index contributed by atoms with van der Waals surface area (Å²) in [5.41, 5.74) is 7.36. The molecule has 1 rings (SSSR count). The van der Waals surface area contributed by atoms with Crippen molar-refractivity contribution in [3.8, 4) is 5.75 Å². The van der Waals surface area contributed by atoms with E-state index in [0.29, 0.717) is 6.61 Å². The molecule has 0 aliphatic carbocycles. The largest absolute Gasteiger partial charge is 0.496 e. The lowest BCUT2D eigenvalue weighted by Gasteiger charge is -2.35. The molecule has 0 saturated heterocycles. The quantitative estimate of drug-likeness (QED) is 0.874. The smallest absolute Gasteiger partial charge is 0.123 e. The van der Waals surface area contributed by atoms with Gasteiger partial charge in [-0.3, -0.25) is 0 Å². The topological polar surface area (TPSA) is 44.5 Å². The Morgan fingerprint density at radius 1 is 1.22 bits per heavy atom. The van der Waals surface area contributed by atoms with Gasteiger partial charge in [-0.15, -0.1) is 0 Å². The Balaban J connectivity index is 3.05. The molecule has 0 heterocycles. The molecule has 0 amide bonds. The summed E-state index contributed by atoms with van der Waals surface area (Å²) in [6.07, 6.45) is -0.0428. The second-order valence-electron chi connectivity index (χ2n) is 5.51. The molecular formula is C15H25NO2. The predicted octanol–water partition coefficient (Wildman–Crippen LogP) is 3.15. The number of hydrogen-bond donors (Lipinski definition) is 1. The number of methoxy groups -OCH3 is 1. The van der Waals surface area contributed by atoms with E-state index < -0.39 is 0 Å². The molecule has 0 bridgehead atoms. The highest BCUT2D eigenvalue weighted by Gasteiger charge is 2.32. The minimum Gasteiger partial charge on any atom is -0.496 e. The summed E-state index contributed by atoms with van der Waals surface area (Å²) < 4.78 is 11.2. The molecule has 0 spiro atoms. The second-order valence-corrected chi connectivity index (χ2v) is 5.51. The van der Waals surface area contributed by atoms with E-state index in [2.05, 4.69) is 20.8 Å². The number of nitrogens with two attached hydrogens (primary N) is 1. The Kier molecular flexibility index (Phi) is 5.17. The van der Waals surface area contributed by atoms with Crippen LogP contribution in [0.4, 0.5) is 0 Å². The molecule has 3 nitrogen and oxygen atoms in total. The average molecular weight is 251 g/mol. The maximum atomic E-state index is 6.38. The second kappa shape index (κ2) is 6.21. The van der Waals surface area contributed by atoms with Crippen molar-refractivity contribution in [1.82, 2.24) is 0 Å². The molecule has 1 aromatic carbocycles. The zero-order chi connectivity index (χ0) is 13.8. The summed E-state index contributed by atoms with van der Waals surface area (Å²) in [7, 11) is 1.67. The standard InChI is InChI=1S/C15H25NO2/c1-6-18-14(15(2,3)4)13(16)11-9-7-8-10-12(11)17-5/h7-10,13-14H,6,16H2,1-5H3. The number of ether oxygens (including phenoxy) is 2. The summed E-state index contributed by atoms with van der Waals surface area (Å²) in [5.74, 6) is 0.818. The van der Waals surface area contributed by atoms with Crippen LogP contribution in [0.1, 0.15) is 39.3 Å². The van der Waals surface area contributed by atoms with Crippen LogP contribution < -0.4 is 10.5 Å². The number of hydrogen-bond acceptors (Lipinski definition) is 3. The van der Waals surface area contributed by atoms with Gasteiger partial charge in [0, 0.05) is 12.2 Å². The molecule has 102 valence electrons. The Hall–Kier alpha value is -1.06. The highest BCUT2D eigenvalue weighted by molar-refractivity contribution is 5.36. The van der Waals surface area contributed by atoms with Crippen molar-refractivity contribution in [3.05, 3.63) is 29.8 Å². The third kappa shape index (κ3) is 3.47. The van der Waals surface area contributed by atoms with Gasteiger partial charge in [0.2, 0.25) is 0 Å². The van der Waals surface area contributed by atoms with Crippen molar-refractivity contribution < 1.29 is 9.47 Å². The van der Waals surface area contributed by atoms with Crippen LogP contribution in [0.25, 0.3) is 0 Å². The summed E-state index contributed by atoms with van der Waals surface area (Å²) in [6.45, 7) is 9.08. The average Bonchev–Trinajstić information content (AvgIpc) is 2.33. The van der Waals surface area contributed by atoms with Gasteiger partial charge in [-0.05, 0) is 18.4 Å². The first-order valence-electron chi connectivity index (χ1n) is 6.42. The maximum Gasteiger partial charge on any atom is 0.123 e. The van der Waals surface area contributed by atoms with Gasteiger partial charge in [-0.2, -0.15) is 0 Å². The number of benzene rings is 1. The van der Waals surface area contributed by atoms with Crippen LogP contribution in [0.5, 0.6) is 5.75 Å². The van der Waals surface area contributed by atoms with E-state index in [1.807, 2.05) is 31.2 Å². The zero-order valence-electron chi connectivity index (χ0n) is 12.1. The highest BCUT2D eigenvalue weighted by atomic mass is 16.5. The summed E-state index contributed by atoms with van der Waals surface area (Å²) >= 11 is 0. The molecule has 2 atom stereocenters. The molecule has 18 heavy (non-hydrogen) atoms. The molecular weight excluding hydrogens is 226 g/mol. The van der Waals surface area contributed by atoms with Crippen molar-refractivity contribution in [3.63, 3.8) is 0 Å². The third-order valence-corrected chi connectivity index (χ3v) is 3.02. The molecule has 0 aliphatic heterocycles. The fourth-order valence-electron chi connectivity index (χ4n) is 2.18. The summed E-state index contributed by atoms with van der Waals surface area (Å²) in [5, 5.41) is 0. The van der Waals surface area contributed by atoms with Gasteiger partial charge in [-0.1, -0.05) is 39.0 Å². The molecule has 2 N–H and O–H groups in total. The lowest BCUT2D eigenvalue weighted by molar-refractivity contribution is -0.0286. The molecule has 0 radical (unpaired) electrons. The lowest BCUT2D eigenvalue weighted by Crippen LogP contribution is -2.39. The van der Waals surface area contributed by atoms with Crippen molar-refractivity contribution in [2.75, 3.05) is 13.7 Å². The Morgan fingerprint density at radius 3 is 2.33 bits per heavy atom. The molecule has 0 saturated carbocycles. The van der Waals surface area contributed by atoms with E-state index in [0.717, 1.165) is 11.3 Å². The van der Waals surface area contributed by atoms with E-state index in [9.17, 15) is 0 Å². The van der Waals surface area contributed by atoms with E-state index in [1.54, 1.807) is 7.11 Å². The van der Waals surface area contributed by atoms with Gasteiger partial charge in [0.15, 0.2) is 0 Å². The van der Waals surface area contributed by atoms with Gasteiger partial charge < -0.3 is 15.2 Å². The number of para-hydroxylation sites is 1. The Morgan fingerprint density at radius 2 is 1.83 bits per heavy atom. The molecule has 3 heteroatoms. The van der Waals surface area contributed by atoms with E-state index in [4.69, 9.17) is 15.2 Å². The summed E-state index contributed by atoms with van der Waals surface area (Å²) in [6, 6.07) is 7.66. The van der Waals surface area contributed by atoms with Crippen molar-refractivity contribution >= 4 is 0 Å². The fourth-order valence-corrected chi connectivity index (χ4v) is 2.18.